The smallest absolute Gasteiger partial charge is 0.416 e. The van der Waals surface area contributed by atoms with Crippen LogP contribution in [0, 0.1) is 0 Å². The Labute approximate surface area is 202 Å². The van der Waals surface area contributed by atoms with Crippen molar-refractivity contribution in [3.05, 3.63) is 63.3 Å². The number of likely N-dealkylation sites (tertiary alicyclic amines) is 1. The SMILES string of the molecule is CCOC(=O)CN1CC[C@H](Oc2cc(C(F)(F)F)ccc2-c2cc(=O)c3cccc(Cl)c3o2)C1=O. The highest BCUT2D eigenvalue weighted by Crippen LogP contribution is 2.39. The number of para-hydroxylation sites is 1. The van der Waals surface area contributed by atoms with Crippen molar-refractivity contribution >= 4 is 34.4 Å². The second-order valence-corrected chi connectivity index (χ2v) is 8.17. The number of carbonyl (C=O) groups is 2. The van der Waals surface area contributed by atoms with E-state index in [0.717, 1.165) is 24.3 Å². The molecule has 0 N–H and O–H groups in total. The lowest BCUT2D eigenvalue weighted by Gasteiger charge is -2.19. The number of ether oxygens (including phenoxy) is 2. The van der Waals surface area contributed by atoms with Crippen LogP contribution in [0.4, 0.5) is 13.2 Å². The molecule has 0 radical (unpaired) electrons. The van der Waals surface area contributed by atoms with E-state index in [2.05, 4.69) is 0 Å². The maximum atomic E-state index is 13.4. The number of amides is 1. The molecule has 2 aromatic carbocycles. The fraction of sp³-hybridized carbons (Fsp3) is 0.292. The molecule has 1 saturated heterocycles. The predicted octanol–water partition coefficient (Wildman–Crippen LogP) is 4.68. The average Bonchev–Trinajstić information content (AvgIpc) is 3.13. The molecule has 3 aromatic rings. The van der Waals surface area contributed by atoms with Gasteiger partial charge < -0.3 is 18.8 Å². The van der Waals surface area contributed by atoms with Crippen LogP contribution in [0.3, 0.4) is 0 Å². The van der Waals surface area contributed by atoms with E-state index in [4.69, 9.17) is 25.5 Å². The van der Waals surface area contributed by atoms with Gasteiger partial charge in [-0.2, -0.15) is 13.2 Å². The maximum absolute atomic E-state index is 13.4. The standard InChI is InChI=1S/C24H19ClF3NO6/c1-2-33-21(31)12-29-9-8-18(23(29)32)34-19-10-13(24(26,27)28)6-7-15(19)20-11-17(30)14-4-3-5-16(25)22(14)35-20/h3-7,10-11,18H,2,8-9,12H2,1H3/t18-/m0/s1. The number of hydrogen-bond acceptors (Lipinski definition) is 6. The molecule has 0 bridgehead atoms. The predicted molar refractivity (Wildman–Crippen MR) is 120 cm³/mol. The Hall–Kier alpha value is -3.53. The van der Waals surface area contributed by atoms with Gasteiger partial charge in [0.1, 0.15) is 18.1 Å². The molecule has 4 rings (SSSR count). The molecule has 0 saturated carbocycles. The van der Waals surface area contributed by atoms with Gasteiger partial charge in [-0.25, -0.2) is 0 Å². The number of halogens is 4. The lowest BCUT2D eigenvalue weighted by atomic mass is 10.1. The first-order chi connectivity index (χ1) is 16.6. The van der Waals surface area contributed by atoms with Crippen LogP contribution in [0.1, 0.15) is 18.9 Å². The number of alkyl halides is 3. The molecule has 1 aliphatic heterocycles. The highest BCUT2D eigenvalue weighted by Gasteiger charge is 2.37. The molecule has 1 amide bonds. The van der Waals surface area contributed by atoms with Gasteiger partial charge in [-0.3, -0.25) is 14.4 Å². The van der Waals surface area contributed by atoms with Crippen molar-refractivity contribution in [3.8, 4) is 17.1 Å². The van der Waals surface area contributed by atoms with Crippen molar-refractivity contribution in [2.24, 2.45) is 0 Å². The highest BCUT2D eigenvalue weighted by molar-refractivity contribution is 6.34. The molecular weight excluding hydrogens is 491 g/mol. The van der Waals surface area contributed by atoms with Gasteiger partial charge in [0.25, 0.3) is 5.91 Å². The van der Waals surface area contributed by atoms with Crippen LogP contribution in [-0.2, 0) is 20.5 Å². The Bertz CT molecular complexity index is 1350. The van der Waals surface area contributed by atoms with E-state index < -0.39 is 35.1 Å². The Morgan fingerprint density at radius 2 is 1.97 bits per heavy atom. The number of esters is 1. The minimum Gasteiger partial charge on any atom is -0.480 e. The van der Waals surface area contributed by atoms with E-state index in [0.29, 0.717) is 0 Å². The van der Waals surface area contributed by atoms with Crippen molar-refractivity contribution in [1.82, 2.24) is 4.90 Å². The first kappa shape index (κ1) is 24.6. The summed E-state index contributed by atoms with van der Waals surface area (Å²) in [6.45, 7) is 1.65. The van der Waals surface area contributed by atoms with Crippen LogP contribution in [-0.4, -0.2) is 42.6 Å². The Kier molecular flexibility index (Phi) is 6.75. The monoisotopic (exact) mass is 509 g/mol. The number of hydrogen-bond donors (Lipinski definition) is 0. The van der Waals surface area contributed by atoms with Crippen molar-refractivity contribution in [2.75, 3.05) is 19.7 Å². The molecule has 11 heteroatoms. The summed E-state index contributed by atoms with van der Waals surface area (Å²) in [4.78, 5) is 38.3. The molecule has 35 heavy (non-hydrogen) atoms. The third-order valence-corrected chi connectivity index (χ3v) is 5.72. The number of carbonyl (C=O) groups excluding carboxylic acids is 2. The zero-order valence-electron chi connectivity index (χ0n) is 18.4. The summed E-state index contributed by atoms with van der Waals surface area (Å²) < 4.78 is 56.6. The molecule has 2 heterocycles. The van der Waals surface area contributed by atoms with E-state index in [1.165, 1.54) is 17.0 Å². The van der Waals surface area contributed by atoms with Crippen LogP contribution in [0.2, 0.25) is 5.02 Å². The van der Waals surface area contributed by atoms with E-state index >= 15 is 0 Å². The van der Waals surface area contributed by atoms with Gasteiger partial charge in [-0.15, -0.1) is 0 Å². The molecule has 0 spiro atoms. The first-order valence-electron chi connectivity index (χ1n) is 10.6. The summed E-state index contributed by atoms with van der Waals surface area (Å²) >= 11 is 6.15. The molecule has 184 valence electrons. The second-order valence-electron chi connectivity index (χ2n) is 7.76. The minimum atomic E-state index is -4.68. The molecule has 1 atom stereocenters. The van der Waals surface area contributed by atoms with E-state index in [-0.39, 0.29) is 59.2 Å². The fourth-order valence-corrected chi connectivity index (χ4v) is 3.98. The maximum Gasteiger partial charge on any atom is 0.416 e. The van der Waals surface area contributed by atoms with Gasteiger partial charge in [-0.1, -0.05) is 17.7 Å². The third kappa shape index (κ3) is 5.12. The lowest BCUT2D eigenvalue weighted by Crippen LogP contribution is -2.36. The van der Waals surface area contributed by atoms with Crippen LogP contribution in [0.25, 0.3) is 22.3 Å². The lowest BCUT2D eigenvalue weighted by molar-refractivity contribution is -0.148. The number of nitrogens with zero attached hydrogens (tertiary/aromatic N) is 1. The zero-order valence-corrected chi connectivity index (χ0v) is 19.1. The van der Waals surface area contributed by atoms with Crippen molar-refractivity contribution < 1.29 is 36.7 Å². The quantitative estimate of drug-likeness (QED) is 0.449. The van der Waals surface area contributed by atoms with Crippen molar-refractivity contribution in [1.29, 1.82) is 0 Å². The topological polar surface area (TPSA) is 86.0 Å². The van der Waals surface area contributed by atoms with E-state index in [9.17, 15) is 27.6 Å². The minimum absolute atomic E-state index is 0.0357. The number of rotatable bonds is 6. The summed E-state index contributed by atoms with van der Waals surface area (Å²) in [5.74, 6) is -1.54. The summed E-state index contributed by atoms with van der Waals surface area (Å²) in [5, 5.41) is 0.354. The van der Waals surface area contributed by atoms with Gasteiger partial charge in [0.15, 0.2) is 17.1 Å². The molecule has 1 aromatic heterocycles. The fourth-order valence-electron chi connectivity index (χ4n) is 3.77. The Balaban J connectivity index is 1.72. The highest BCUT2D eigenvalue weighted by atomic mass is 35.5. The molecule has 0 aliphatic carbocycles. The zero-order chi connectivity index (χ0) is 25.3. The average molecular weight is 510 g/mol. The number of benzene rings is 2. The Morgan fingerprint density at radius 3 is 2.69 bits per heavy atom. The van der Waals surface area contributed by atoms with Crippen LogP contribution in [0.15, 0.2) is 51.7 Å². The summed E-state index contributed by atoms with van der Waals surface area (Å²) in [6, 6.07) is 8.39. The third-order valence-electron chi connectivity index (χ3n) is 5.42. The Morgan fingerprint density at radius 1 is 1.20 bits per heavy atom. The van der Waals surface area contributed by atoms with Crippen molar-refractivity contribution in [2.45, 2.75) is 25.6 Å². The molecule has 0 unspecified atom stereocenters. The largest absolute Gasteiger partial charge is 0.480 e. The number of fused-ring (bicyclic) bond motifs is 1. The van der Waals surface area contributed by atoms with Gasteiger partial charge in [0, 0.05) is 19.0 Å². The van der Waals surface area contributed by atoms with Crippen LogP contribution < -0.4 is 10.2 Å². The van der Waals surface area contributed by atoms with Gasteiger partial charge in [0.2, 0.25) is 0 Å². The second kappa shape index (κ2) is 9.61. The molecule has 1 fully saturated rings. The van der Waals surface area contributed by atoms with Gasteiger partial charge in [-0.05, 0) is 37.3 Å². The van der Waals surface area contributed by atoms with Gasteiger partial charge >= 0.3 is 12.1 Å². The molecule has 1 aliphatic rings. The van der Waals surface area contributed by atoms with Gasteiger partial charge in [0.05, 0.1) is 28.1 Å². The van der Waals surface area contributed by atoms with Crippen LogP contribution >= 0.6 is 11.6 Å². The van der Waals surface area contributed by atoms with E-state index in [1.54, 1.807) is 13.0 Å². The van der Waals surface area contributed by atoms with Crippen LogP contribution in [0.5, 0.6) is 5.75 Å². The van der Waals surface area contributed by atoms with E-state index in [1.807, 2.05) is 0 Å². The summed E-state index contributed by atoms with van der Waals surface area (Å²) in [6.07, 6.45) is -5.68. The molecular formula is C24H19ClF3NO6. The first-order valence-corrected chi connectivity index (χ1v) is 11.0. The normalized spacial score (nSPS) is 16.1. The molecule has 7 nitrogen and oxygen atoms in total. The summed E-state index contributed by atoms with van der Waals surface area (Å²) in [5.41, 5.74) is -1.35. The summed E-state index contributed by atoms with van der Waals surface area (Å²) in [7, 11) is 0. The van der Waals surface area contributed by atoms with Crippen molar-refractivity contribution in [3.63, 3.8) is 0 Å².